The number of nitrogen functional groups attached to an aromatic ring is 1. The van der Waals surface area contributed by atoms with Crippen molar-refractivity contribution in [3.05, 3.63) is 24.0 Å². The van der Waals surface area contributed by atoms with Crippen molar-refractivity contribution in [2.75, 3.05) is 47.4 Å². The highest BCUT2D eigenvalue weighted by Gasteiger charge is 2.43. The lowest BCUT2D eigenvalue weighted by Gasteiger charge is -2.43. The van der Waals surface area contributed by atoms with E-state index < -0.39 is 0 Å². The van der Waals surface area contributed by atoms with Crippen LogP contribution in [0.2, 0.25) is 0 Å². The predicted octanol–water partition coefficient (Wildman–Crippen LogP) is 5.72. The van der Waals surface area contributed by atoms with Crippen molar-refractivity contribution >= 4 is 40.5 Å². The Labute approximate surface area is 244 Å². The Balaban J connectivity index is 1.36. The molecule has 40 heavy (non-hydrogen) atoms. The molecule has 4 heterocycles. The number of alkyl halides is 1. The second-order valence-electron chi connectivity index (χ2n) is 12.9. The first-order valence-electron chi connectivity index (χ1n) is 15.2. The van der Waals surface area contributed by atoms with Gasteiger partial charge in [0.25, 0.3) is 5.91 Å². The molecule has 2 aromatic heterocycles. The Morgan fingerprint density at radius 3 is 2.30 bits per heavy atom. The summed E-state index contributed by atoms with van der Waals surface area (Å²) in [4.78, 5) is 23.0. The van der Waals surface area contributed by atoms with E-state index in [1.54, 1.807) is 17.1 Å². The zero-order chi connectivity index (χ0) is 28.3. The Hall–Kier alpha value is -2.52. The molecule has 1 amide bonds. The summed E-state index contributed by atoms with van der Waals surface area (Å²) in [5.74, 6) is 0.640. The lowest BCUT2D eigenvalue weighted by molar-refractivity contribution is 0.102. The molecule has 1 atom stereocenters. The van der Waals surface area contributed by atoms with E-state index in [0.717, 1.165) is 57.5 Å². The molecule has 1 unspecified atom stereocenters. The minimum Gasteiger partial charge on any atom is -0.381 e. The first-order chi connectivity index (χ1) is 19.2. The third-order valence-electron chi connectivity index (χ3n) is 9.12. The van der Waals surface area contributed by atoms with Gasteiger partial charge >= 0.3 is 0 Å². The van der Waals surface area contributed by atoms with Gasteiger partial charge < -0.3 is 21.3 Å². The number of nitrogens with zero attached hydrogens (tertiary/aromatic N) is 5. The van der Waals surface area contributed by atoms with E-state index in [1.807, 2.05) is 6.07 Å². The van der Waals surface area contributed by atoms with Crippen LogP contribution in [0.5, 0.6) is 0 Å². The molecule has 2 fully saturated rings. The van der Waals surface area contributed by atoms with E-state index >= 15 is 0 Å². The molecule has 10 heteroatoms. The number of piperazine rings is 1. The van der Waals surface area contributed by atoms with E-state index in [1.165, 1.54) is 38.5 Å². The summed E-state index contributed by atoms with van der Waals surface area (Å²) in [7, 11) is 0. The molecule has 0 bridgehead atoms. The highest BCUT2D eigenvalue weighted by Crippen LogP contribution is 2.41. The highest BCUT2D eigenvalue weighted by molar-refractivity contribution is 6.22. The van der Waals surface area contributed by atoms with Crippen LogP contribution in [0.1, 0.15) is 95.3 Å². The summed E-state index contributed by atoms with van der Waals surface area (Å²) in [5, 5.41) is 11.3. The Kier molecular flexibility index (Phi) is 8.80. The number of halogens is 1. The lowest BCUT2D eigenvalue weighted by Crippen LogP contribution is -2.53. The monoisotopic (exact) mass is 570 g/mol. The lowest BCUT2D eigenvalue weighted by atomic mass is 9.82. The first-order valence-corrected chi connectivity index (χ1v) is 15.7. The van der Waals surface area contributed by atoms with Gasteiger partial charge in [0.05, 0.1) is 35.0 Å². The molecule has 0 radical (unpaired) electrons. The summed E-state index contributed by atoms with van der Waals surface area (Å²) in [6.07, 6.45) is 15.4. The van der Waals surface area contributed by atoms with Crippen LogP contribution in [-0.4, -0.2) is 68.2 Å². The maximum absolute atomic E-state index is 13.8. The maximum Gasteiger partial charge on any atom is 0.263 e. The van der Waals surface area contributed by atoms with E-state index in [2.05, 4.69) is 51.3 Å². The van der Waals surface area contributed by atoms with Crippen LogP contribution in [-0.2, 0) is 6.54 Å². The molecule has 1 aliphatic carbocycles. The predicted molar refractivity (Wildman–Crippen MR) is 165 cm³/mol. The fourth-order valence-corrected chi connectivity index (χ4v) is 7.07. The van der Waals surface area contributed by atoms with E-state index in [-0.39, 0.29) is 28.2 Å². The van der Waals surface area contributed by atoms with Gasteiger partial charge in [-0.3, -0.25) is 14.7 Å². The molecular weight excluding hydrogens is 524 g/mol. The van der Waals surface area contributed by atoms with Gasteiger partial charge in [-0.2, -0.15) is 5.10 Å². The molecule has 2 aromatic rings. The minimum atomic E-state index is -0.270. The molecule has 5 rings (SSSR count). The Morgan fingerprint density at radius 1 is 1.05 bits per heavy atom. The number of carbonyl (C=O) groups is 1. The highest BCUT2D eigenvalue weighted by atomic mass is 35.5. The molecule has 220 valence electrons. The van der Waals surface area contributed by atoms with Crippen molar-refractivity contribution < 1.29 is 4.79 Å². The molecule has 3 aliphatic rings. The van der Waals surface area contributed by atoms with Gasteiger partial charge in [-0.25, -0.2) is 4.68 Å². The molecule has 1 spiro atoms. The van der Waals surface area contributed by atoms with Crippen LogP contribution in [0, 0.1) is 0 Å². The number of carbonyl (C=O) groups excluding carboxylic acids is 1. The number of rotatable bonds is 3. The van der Waals surface area contributed by atoms with Gasteiger partial charge in [0.15, 0.2) is 5.82 Å². The molecule has 1 saturated heterocycles. The topological polar surface area (TPSA) is 104 Å². The zero-order valence-electron chi connectivity index (χ0n) is 24.5. The minimum absolute atomic E-state index is 0.118. The zero-order valence-corrected chi connectivity index (χ0v) is 25.3. The second-order valence-corrected chi connectivity index (χ2v) is 13.4. The molecule has 1 saturated carbocycles. The number of amides is 1. The number of hydrogen-bond acceptors (Lipinski definition) is 7. The van der Waals surface area contributed by atoms with Crippen molar-refractivity contribution in [2.24, 2.45) is 0 Å². The van der Waals surface area contributed by atoms with E-state index in [9.17, 15) is 4.79 Å². The number of nitrogens with two attached hydrogens (primary N) is 1. The normalized spacial score (nSPS) is 22.7. The number of hydrogen-bond donors (Lipinski definition) is 3. The quantitative estimate of drug-likeness (QED) is 0.405. The average molecular weight is 571 g/mol. The van der Waals surface area contributed by atoms with Crippen LogP contribution in [0.15, 0.2) is 18.5 Å². The van der Waals surface area contributed by atoms with Gasteiger partial charge in [0.2, 0.25) is 0 Å². The second kappa shape index (κ2) is 12.1. The van der Waals surface area contributed by atoms with Crippen molar-refractivity contribution in [1.82, 2.24) is 19.7 Å². The SMILES string of the molecule is CC(C)(C)N1CCN(c2ccncc2NC(=O)c2c(N)nn3c2NC2(CCCCCCCCCC2)C(Cl)C3)CC1. The van der Waals surface area contributed by atoms with Crippen molar-refractivity contribution in [1.29, 1.82) is 0 Å². The van der Waals surface area contributed by atoms with Crippen LogP contribution in [0.4, 0.5) is 23.0 Å². The summed E-state index contributed by atoms with van der Waals surface area (Å²) in [6.45, 7) is 11.0. The van der Waals surface area contributed by atoms with Crippen molar-refractivity contribution in [3.8, 4) is 0 Å². The summed E-state index contributed by atoms with van der Waals surface area (Å²) >= 11 is 7.07. The number of anilines is 4. The van der Waals surface area contributed by atoms with Gasteiger partial charge in [0, 0.05) is 37.9 Å². The van der Waals surface area contributed by atoms with Crippen molar-refractivity contribution in [3.63, 3.8) is 0 Å². The standard InChI is InChI=1S/C30H47ClN8O/c1-29(2,3)38-18-16-37(17-19-38)23-12-15-33-20-22(23)34-28(40)25-26(32)36-39-21-24(31)30(35-27(25)39)13-10-8-6-4-5-7-9-11-14-30/h12,15,20,24,35H,4-11,13-14,16-19,21H2,1-3H3,(H2,32,36)(H,34,40). The Bertz CT molecular complexity index is 1150. The summed E-state index contributed by atoms with van der Waals surface area (Å²) in [6, 6.07) is 1.98. The third kappa shape index (κ3) is 6.20. The number of nitrogens with one attached hydrogen (secondary N) is 2. The summed E-state index contributed by atoms with van der Waals surface area (Å²) in [5.41, 5.74) is 8.32. The fraction of sp³-hybridized carbons (Fsp3) is 0.700. The van der Waals surface area contributed by atoms with Gasteiger partial charge in [-0.15, -0.1) is 11.6 Å². The Morgan fingerprint density at radius 2 is 1.68 bits per heavy atom. The first kappa shape index (κ1) is 29.0. The molecule has 4 N–H and O–H groups in total. The number of aromatic nitrogens is 3. The smallest absolute Gasteiger partial charge is 0.263 e. The molecule has 9 nitrogen and oxygen atoms in total. The van der Waals surface area contributed by atoms with Gasteiger partial charge in [-0.1, -0.05) is 51.4 Å². The molecular formula is C30H47ClN8O. The molecule has 0 aromatic carbocycles. The summed E-state index contributed by atoms with van der Waals surface area (Å²) < 4.78 is 1.79. The van der Waals surface area contributed by atoms with E-state index in [0.29, 0.717) is 23.6 Å². The number of fused-ring (bicyclic) bond motifs is 1. The van der Waals surface area contributed by atoms with Crippen LogP contribution in [0.25, 0.3) is 0 Å². The number of pyridine rings is 1. The van der Waals surface area contributed by atoms with Crippen LogP contribution < -0.4 is 21.3 Å². The fourth-order valence-electron chi connectivity index (χ4n) is 6.67. The van der Waals surface area contributed by atoms with Gasteiger partial charge in [-0.05, 0) is 39.7 Å². The maximum atomic E-state index is 13.8. The van der Waals surface area contributed by atoms with E-state index in [4.69, 9.17) is 17.3 Å². The van der Waals surface area contributed by atoms with Crippen LogP contribution in [0.3, 0.4) is 0 Å². The largest absolute Gasteiger partial charge is 0.381 e. The molecule has 2 aliphatic heterocycles. The van der Waals surface area contributed by atoms with Crippen LogP contribution >= 0.6 is 11.6 Å². The van der Waals surface area contributed by atoms with Gasteiger partial charge in [0.1, 0.15) is 11.4 Å². The third-order valence-corrected chi connectivity index (χ3v) is 9.67. The van der Waals surface area contributed by atoms with Crippen molar-refractivity contribution in [2.45, 2.75) is 108 Å². The average Bonchev–Trinajstić information content (AvgIpc) is 3.20.